The zero-order valence-corrected chi connectivity index (χ0v) is 12.7. The third kappa shape index (κ3) is 2.68. The van der Waals surface area contributed by atoms with Crippen LogP contribution >= 0.6 is 0 Å². The van der Waals surface area contributed by atoms with Gasteiger partial charge in [-0.2, -0.15) is 0 Å². The molecule has 1 heterocycles. The van der Waals surface area contributed by atoms with E-state index in [-0.39, 0.29) is 23.2 Å². The van der Waals surface area contributed by atoms with Gasteiger partial charge in [0.25, 0.3) is 0 Å². The maximum atomic E-state index is 12.9. The number of carboxylic acid groups (broad SMARTS) is 1. The number of carboxylic acids is 1. The Morgan fingerprint density at radius 2 is 2.00 bits per heavy atom. The van der Waals surface area contributed by atoms with Crippen LogP contribution in [0, 0.1) is 23.2 Å². The Labute approximate surface area is 125 Å². The summed E-state index contributed by atoms with van der Waals surface area (Å²) in [5.74, 6) is -0.214. The first-order chi connectivity index (χ1) is 10.1. The van der Waals surface area contributed by atoms with Crippen molar-refractivity contribution < 1.29 is 19.4 Å². The summed E-state index contributed by atoms with van der Waals surface area (Å²) in [6, 6.07) is 0. The van der Waals surface area contributed by atoms with E-state index in [1.165, 1.54) is 0 Å². The van der Waals surface area contributed by atoms with Crippen LogP contribution in [0.5, 0.6) is 0 Å². The van der Waals surface area contributed by atoms with E-state index in [2.05, 4.69) is 0 Å². The number of methoxy groups -OCH3 is 1. The summed E-state index contributed by atoms with van der Waals surface area (Å²) in [4.78, 5) is 26.2. The molecular formula is C16H25NO4. The molecule has 2 saturated carbocycles. The minimum absolute atomic E-state index is 0.172. The minimum Gasteiger partial charge on any atom is -0.481 e. The molecule has 3 aliphatic rings. The lowest BCUT2D eigenvalue weighted by molar-refractivity contribution is -0.148. The summed E-state index contributed by atoms with van der Waals surface area (Å²) in [7, 11) is 1.66. The third-order valence-corrected chi connectivity index (χ3v) is 5.75. The number of nitrogens with zero attached hydrogens (tertiary/aromatic N) is 1. The van der Waals surface area contributed by atoms with Gasteiger partial charge in [0.15, 0.2) is 0 Å². The van der Waals surface area contributed by atoms with Crippen molar-refractivity contribution in [2.24, 2.45) is 23.2 Å². The van der Waals surface area contributed by atoms with Crippen LogP contribution < -0.4 is 0 Å². The second kappa shape index (κ2) is 5.59. The van der Waals surface area contributed by atoms with Crippen LogP contribution in [-0.4, -0.2) is 48.7 Å². The number of aliphatic carboxylic acids is 1. The molecule has 1 aliphatic heterocycles. The molecule has 0 unspecified atom stereocenters. The molecule has 118 valence electrons. The molecule has 0 bridgehead atoms. The fraction of sp³-hybridized carbons (Fsp3) is 0.875. The van der Waals surface area contributed by atoms with Crippen LogP contribution in [0.15, 0.2) is 0 Å². The average Bonchev–Trinajstić information content (AvgIpc) is 3.16. The highest BCUT2D eigenvalue weighted by Crippen LogP contribution is 2.49. The molecule has 3 rings (SSSR count). The molecule has 2 aliphatic carbocycles. The average molecular weight is 295 g/mol. The second-order valence-corrected chi connectivity index (χ2v) is 7.03. The molecule has 1 saturated heterocycles. The monoisotopic (exact) mass is 295 g/mol. The third-order valence-electron chi connectivity index (χ3n) is 5.75. The largest absolute Gasteiger partial charge is 0.481 e. The Bertz CT molecular complexity index is 428. The van der Waals surface area contributed by atoms with Gasteiger partial charge in [0.1, 0.15) is 0 Å². The fourth-order valence-electron chi connectivity index (χ4n) is 4.07. The quantitative estimate of drug-likeness (QED) is 0.811. The Morgan fingerprint density at radius 1 is 1.29 bits per heavy atom. The van der Waals surface area contributed by atoms with Gasteiger partial charge in [-0.25, -0.2) is 0 Å². The number of likely N-dealkylation sites (tertiary alicyclic amines) is 1. The van der Waals surface area contributed by atoms with Crippen LogP contribution in [0.2, 0.25) is 0 Å². The summed E-state index contributed by atoms with van der Waals surface area (Å²) < 4.78 is 5.15. The number of carbonyl (C=O) groups is 2. The van der Waals surface area contributed by atoms with E-state index in [1.54, 1.807) is 7.11 Å². The van der Waals surface area contributed by atoms with Crippen LogP contribution in [-0.2, 0) is 14.3 Å². The molecule has 0 radical (unpaired) electrons. The predicted octanol–water partition coefficient (Wildman–Crippen LogP) is 1.76. The van der Waals surface area contributed by atoms with E-state index < -0.39 is 5.97 Å². The molecule has 21 heavy (non-hydrogen) atoms. The minimum atomic E-state index is -0.734. The molecule has 5 heteroatoms. The summed E-state index contributed by atoms with van der Waals surface area (Å²) in [6.07, 6.45) is 5.98. The highest BCUT2D eigenvalue weighted by atomic mass is 16.5. The fourth-order valence-corrected chi connectivity index (χ4v) is 4.07. The van der Waals surface area contributed by atoms with Gasteiger partial charge in [0, 0.05) is 26.8 Å². The van der Waals surface area contributed by atoms with E-state index in [9.17, 15) is 14.7 Å². The smallest absolute Gasteiger partial charge is 0.308 e. The number of hydrogen-bond donors (Lipinski definition) is 1. The Kier molecular flexibility index (Phi) is 3.95. The van der Waals surface area contributed by atoms with Crippen LogP contribution in [0.4, 0.5) is 0 Å². The van der Waals surface area contributed by atoms with E-state index in [1.807, 2.05) is 4.90 Å². The predicted molar refractivity (Wildman–Crippen MR) is 76.7 cm³/mol. The van der Waals surface area contributed by atoms with Gasteiger partial charge < -0.3 is 14.7 Å². The van der Waals surface area contributed by atoms with Crippen LogP contribution in [0.25, 0.3) is 0 Å². The van der Waals surface area contributed by atoms with Crippen LogP contribution in [0.1, 0.15) is 38.5 Å². The number of hydrogen-bond acceptors (Lipinski definition) is 3. The van der Waals surface area contributed by atoms with Crippen molar-refractivity contribution in [1.29, 1.82) is 0 Å². The van der Waals surface area contributed by atoms with Gasteiger partial charge in [-0.3, -0.25) is 9.59 Å². The highest BCUT2D eigenvalue weighted by Gasteiger charge is 2.52. The SMILES string of the molecule is COCCC1(C(=O)N2C[C@H](C(=O)O)[C@@H](C3CC3)C2)CCC1. The summed E-state index contributed by atoms with van der Waals surface area (Å²) in [5.41, 5.74) is -0.266. The second-order valence-electron chi connectivity index (χ2n) is 7.03. The van der Waals surface area contributed by atoms with E-state index >= 15 is 0 Å². The molecule has 1 N–H and O–H groups in total. The molecule has 0 aromatic rings. The maximum absolute atomic E-state index is 12.9. The standard InChI is InChI=1S/C16H25NO4/c1-21-8-7-16(5-2-6-16)15(20)17-9-12(11-3-4-11)13(10-17)14(18)19/h11-13H,2-10H2,1H3,(H,18,19)/t12-,13+/m1/s1. The zero-order valence-electron chi connectivity index (χ0n) is 12.7. The van der Waals surface area contributed by atoms with Crippen molar-refractivity contribution in [3.8, 4) is 0 Å². The van der Waals surface area contributed by atoms with E-state index in [0.29, 0.717) is 25.6 Å². The number of ether oxygens (including phenoxy) is 1. The van der Waals surface area contributed by atoms with Gasteiger partial charge in [0.05, 0.1) is 11.3 Å². The molecule has 2 atom stereocenters. The number of amides is 1. The molecule has 5 nitrogen and oxygen atoms in total. The highest BCUT2D eigenvalue weighted by molar-refractivity contribution is 5.85. The van der Waals surface area contributed by atoms with Crippen molar-refractivity contribution in [3.05, 3.63) is 0 Å². The molecule has 3 fully saturated rings. The van der Waals surface area contributed by atoms with Crippen LogP contribution in [0.3, 0.4) is 0 Å². The van der Waals surface area contributed by atoms with Gasteiger partial charge >= 0.3 is 5.97 Å². The van der Waals surface area contributed by atoms with E-state index in [4.69, 9.17) is 4.74 Å². The Balaban J connectivity index is 1.68. The normalized spacial score (nSPS) is 31.0. The lowest BCUT2D eigenvalue weighted by Gasteiger charge is -2.42. The zero-order chi connectivity index (χ0) is 15.0. The number of carbonyl (C=O) groups excluding carboxylic acids is 1. The summed E-state index contributed by atoms with van der Waals surface area (Å²) in [6.45, 7) is 1.66. The van der Waals surface area contributed by atoms with Gasteiger partial charge in [-0.15, -0.1) is 0 Å². The first-order valence-electron chi connectivity index (χ1n) is 8.08. The Hall–Kier alpha value is -1.10. The molecule has 0 aromatic carbocycles. The first kappa shape index (κ1) is 14.8. The van der Waals surface area contributed by atoms with Gasteiger partial charge in [-0.1, -0.05) is 6.42 Å². The van der Waals surface area contributed by atoms with Crippen molar-refractivity contribution in [1.82, 2.24) is 4.90 Å². The van der Waals surface area contributed by atoms with Crippen molar-refractivity contribution in [3.63, 3.8) is 0 Å². The maximum Gasteiger partial charge on any atom is 0.308 e. The van der Waals surface area contributed by atoms with Crippen molar-refractivity contribution in [2.75, 3.05) is 26.8 Å². The number of rotatable bonds is 6. The summed E-state index contributed by atoms with van der Waals surface area (Å²) in [5, 5.41) is 9.42. The molecule has 0 spiro atoms. The molecular weight excluding hydrogens is 270 g/mol. The van der Waals surface area contributed by atoms with Gasteiger partial charge in [-0.05, 0) is 43.9 Å². The summed E-state index contributed by atoms with van der Waals surface area (Å²) >= 11 is 0. The lowest BCUT2D eigenvalue weighted by atomic mass is 9.66. The Morgan fingerprint density at radius 3 is 2.48 bits per heavy atom. The van der Waals surface area contributed by atoms with Crippen molar-refractivity contribution >= 4 is 11.9 Å². The molecule has 1 amide bonds. The first-order valence-corrected chi connectivity index (χ1v) is 8.08. The molecule has 0 aromatic heterocycles. The topological polar surface area (TPSA) is 66.8 Å². The van der Waals surface area contributed by atoms with E-state index in [0.717, 1.165) is 38.5 Å². The lowest BCUT2D eigenvalue weighted by Crippen LogP contribution is -2.48. The van der Waals surface area contributed by atoms with Gasteiger partial charge in [0.2, 0.25) is 5.91 Å². The van der Waals surface area contributed by atoms with Crippen molar-refractivity contribution in [2.45, 2.75) is 38.5 Å².